The lowest BCUT2D eigenvalue weighted by Gasteiger charge is -2.47. The number of unbranched alkanes of at least 4 members (excludes halogenated alkanes) is 13. The number of nitrogens with zero attached hydrogens (tertiary/aromatic N) is 1. The van der Waals surface area contributed by atoms with Crippen molar-refractivity contribution in [1.29, 1.82) is 0 Å². The van der Waals surface area contributed by atoms with E-state index in [9.17, 15) is 14.4 Å². The SMILES string of the molecule is CCCCCC/C=C\COC(=O)CCCCCCCC(CCCCCCCCOC(=O)CC1(C)CC2CC(C)CC(C2)C1)OC(=O)CCCN(C)C. The van der Waals surface area contributed by atoms with E-state index in [2.05, 4.69) is 31.7 Å². The van der Waals surface area contributed by atoms with E-state index < -0.39 is 0 Å². The third-order valence-electron chi connectivity index (χ3n) is 11.4. The topological polar surface area (TPSA) is 82.1 Å². The maximum atomic E-state index is 12.7. The van der Waals surface area contributed by atoms with Crippen LogP contribution in [0.1, 0.15) is 194 Å². The minimum Gasteiger partial charge on any atom is -0.466 e. The van der Waals surface area contributed by atoms with E-state index in [0.717, 1.165) is 121 Å². The number of rotatable bonds is 31. The van der Waals surface area contributed by atoms with Gasteiger partial charge in [0.15, 0.2) is 0 Å². The number of carbonyl (C=O) groups is 3. The fourth-order valence-corrected chi connectivity index (χ4v) is 8.93. The average molecular weight is 732 g/mol. The zero-order valence-electron chi connectivity index (χ0n) is 34.6. The zero-order chi connectivity index (χ0) is 37.9. The minimum absolute atomic E-state index is 0.00438. The van der Waals surface area contributed by atoms with Crippen molar-refractivity contribution in [3.8, 4) is 0 Å². The molecule has 3 unspecified atom stereocenters. The summed E-state index contributed by atoms with van der Waals surface area (Å²) in [5.74, 6) is 2.29. The molecular weight excluding hydrogens is 650 g/mol. The highest BCUT2D eigenvalue weighted by molar-refractivity contribution is 5.70. The summed E-state index contributed by atoms with van der Waals surface area (Å²) in [5.41, 5.74) is 0.130. The molecule has 0 spiro atoms. The molecule has 2 rings (SSSR count). The monoisotopic (exact) mass is 732 g/mol. The van der Waals surface area contributed by atoms with Gasteiger partial charge in [0.2, 0.25) is 0 Å². The van der Waals surface area contributed by atoms with Crippen molar-refractivity contribution in [3.05, 3.63) is 12.2 Å². The molecule has 0 aromatic carbocycles. The molecule has 2 fully saturated rings. The fourth-order valence-electron chi connectivity index (χ4n) is 8.93. The molecule has 52 heavy (non-hydrogen) atoms. The Morgan fingerprint density at radius 1 is 0.692 bits per heavy atom. The molecule has 0 aliphatic heterocycles. The van der Waals surface area contributed by atoms with Crippen molar-refractivity contribution in [2.45, 2.75) is 200 Å². The molecule has 3 atom stereocenters. The smallest absolute Gasteiger partial charge is 0.306 e. The van der Waals surface area contributed by atoms with E-state index in [-0.39, 0.29) is 29.4 Å². The standard InChI is InChI=1S/C45H81NO6/c1-6-7-8-9-11-17-22-30-50-42(47)27-21-16-13-15-20-26-41(52-43(48)28-24-29-46(4)5)25-19-14-10-12-18-23-31-51-44(49)37-45(3)35-39-32-38(2)33-40(34-39)36-45/h17,22,38-41H,6-16,18-21,23-37H2,1-5H3/b22-17-. The van der Waals surface area contributed by atoms with Crippen LogP contribution >= 0.6 is 0 Å². The molecule has 0 aromatic heterocycles. The van der Waals surface area contributed by atoms with Gasteiger partial charge >= 0.3 is 17.9 Å². The number of esters is 3. The van der Waals surface area contributed by atoms with E-state index in [1.54, 1.807) is 0 Å². The minimum atomic E-state index is -0.101. The summed E-state index contributed by atoms with van der Waals surface area (Å²) in [6.07, 6.45) is 32.5. The average Bonchev–Trinajstić information content (AvgIpc) is 3.07. The number of hydrogen-bond donors (Lipinski definition) is 0. The van der Waals surface area contributed by atoms with E-state index in [1.165, 1.54) is 57.8 Å². The van der Waals surface area contributed by atoms with E-state index in [4.69, 9.17) is 14.2 Å². The molecule has 0 radical (unpaired) electrons. The Bertz CT molecular complexity index is 961. The van der Waals surface area contributed by atoms with E-state index in [0.29, 0.717) is 32.5 Å². The number of allylic oxidation sites excluding steroid dienone is 1. The largest absolute Gasteiger partial charge is 0.466 e. The quantitative estimate of drug-likeness (QED) is 0.0304. The van der Waals surface area contributed by atoms with Gasteiger partial charge in [0.1, 0.15) is 12.7 Å². The van der Waals surface area contributed by atoms with Crippen LogP contribution < -0.4 is 0 Å². The lowest BCUT2D eigenvalue weighted by molar-refractivity contribution is -0.150. The van der Waals surface area contributed by atoms with Gasteiger partial charge in [-0.15, -0.1) is 0 Å². The molecule has 2 aliphatic rings. The van der Waals surface area contributed by atoms with E-state index in [1.807, 2.05) is 20.2 Å². The van der Waals surface area contributed by atoms with Gasteiger partial charge in [-0.2, -0.15) is 0 Å². The van der Waals surface area contributed by atoms with Crippen molar-refractivity contribution < 1.29 is 28.6 Å². The number of ether oxygens (including phenoxy) is 3. The van der Waals surface area contributed by atoms with Gasteiger partial charge in [0.05, 0.1) is 13.0 Å². The Labute approximate surface area is 320 Å². The molecule has 2 bridgehead atoms. The zero-order valence-corrected chi connectivity index (χ0v) is 34.6. The van der Waals surface area contributed by atoms with Crippen LogP contribution in [0.5, 0.6) is 0 Å². The van der Waals surface area contributed by atoms with Crippen molar-refractivity contribution in [1.82, 2.24) is 4.90 Å². The second kappa shape index (κ2) is 28.5. The van der Waals surface area contributed by atoms with Crippen molar-refractivity contribution in [2.24, 2.45) is 23.2 Å². The van der Waals surface area contributed by atoms with E-state index >= 15 is 0 Å². The molecule has 0 saturated heterocycles. The first-order valence-electron chi connectivity index (χ1n) is 21.9. The van der Waals surface area contributed by atoms with Crippen LogP contribution in [0.25, 0.3) is 0 Å². The first-order chi connectivity index (χ1) is 25.1. The first kappa shape index (κ1) is 46.3. The highest BCUT2D eigenvalue weighted by Crippen LogP contribution is 2.51. The molecule has 0 N–H and O–H groups in total. The Morgan fingerprint density at radius 3 is 1.94 bits per heavy atom. The molecule has 0 amide bonds. The molecule has 2 aliphatic carbocycles. The van der Waals surface area contributed by atoms with Crippen LogP contribution in [0.4, 0.5) is 0 Å². The summed E-state index contributed by atoms with van der Waals surface area (Å²) >= 11 is 0. The highest BCUT2D eigenvalue weighted by Gasteiger charge is 2.42. The third-order valence-corrected chi connectivity index (χ3v) is 11.4. The lowest BCUT2D eigenvalue weighted by Crippen LogP contribution is -2.37. The van der Waals surface area contributed by atoms with Crippen molar-refractivity contribution in [3.63, 3.8) is 0 Å². The summed E-state index contributed by atoms with van der Waals surface area (Å²) in [5, 5.41) is 0. The van der Waals surface area contributed by atoms with Crippen LogP contribution in [0.3, 0.4) is 0 Å². The van der Waals surface area contributed by atoms with Crippen molar-refractivity contribution >= 4 is 17.9 Å². The predicted octanol–water partition coefficient (Wildman–Crippen LogP) is 11.6. The van der Waals surface area contributed by atoms with Gasteiger partial charge in [-0.05, 0) is 134 Å². The normalized spacial score (nSPS) is 22.1. The van der Waals surface area contributed by atoms with Crippen LogP contribution in [0, 0.1) is 23.2 Å². The Kier molecular flexibility index (Phi) is 25.4. The maximum absolute atomic E-state index is 12.7. The second-order valence-electron chi connectivity index (χ2n) is 17.4. The maximum Gasteiger partial charge on any atom is 0.306 e. The molecule has 0 aromatic rings. The van der Waals surface area contributed by atoms with Gasteiger partial charge in [-0.3, -0.25) is 14.4 Å². The second-order valence-corrected chi connectivity index (χ2v) is 17.4. The fraction of sp³-hybridized carbons (Fsp3) is 0.889. The van der Waals surface area contributed by atoms with Crippen molar-refractivity contribution in [2.75, 3.05) is 33.9 Å². The highest BCUT2D eigenvalue weighted by atomic mass is 16.5. The summed E-state index contributed by atoms with van der Waals surface area (Å²) < 4.78 is 17.0. The summed E-state index contributed by atoms with van der Waals surface area (Å²) in [6, 6.07) is 0. The number of fused-ring (bicyclic) bond motifs is 2. The molecule has 2 saturated carbocycles. The molecule has 0 heterocycles. The van der Waals surface area contributed by atoms with Gasteiger partial charge in [0, 0.05) is 12.8 Å². The summed E-state index contributed by atoms with van der Waals surface area (Å²) in [6.45, 7) is 8.76. The van der Waals surface area contributed by atoms with Gasteiger partial charge in [-0.25, -0.2) is 0 Å². The summed E-state index contributed by atoms with van der Waals surface area (Å²) in [7, 11) is 4.06. The Morgan fingerprint density at radius 2 is 1.29 bits per heavy atom. The molecular formula is C45H81NO6. The van der Waals surface area contributed by atoms with Gasteiger partial charge in [0.25, 0.3) is 0 Å². The number of hydrogen-bond acceptors (Lipinski definition) is 7. The predicted molar refractivity (Wildman–Crippen MR) is 214 cm³/mol. The summed E-state index contributed by atoms with van der Waals surface area (Å²) in [4.78, 5) is 39.4. The van der Waals surface area contributed by atoms with Crippen LogP contribution in [0.15, 0.2) is 12.2 Å². The Balaban J connectivity index is 1.53. The Hall–Kier alpha value is -1.89. The van der Waals surface area contributed by atoms with Crippen LogP contribution in [0.2, 0.25) is 0 Å². The molecule has 7 nitrogen and oxygen atoms in total. The van der Waals surface area contributed by atoms with Crippen LogP contribution in [-0.4, -0.2) is 62.8 Å². The third kappa shape index (κ3) is 23.7. The molecule has 302 valence electrons. The molecule has 7 heteroatoms. The number of carbonyl (C=O) groups excluding carboxylic acids is 3. The first-order valence-corrected chi connectivity index (χ1v) is 21.9. The van der Waals surface area contributed by atoms with Gasteiger partial charge < -0.3 is 19.1 Å². The van der Waals surface area contributed by atoms with Gasteiger partial charge in [-0.1, -0.05) is 97.1 Å². The lowest BCUT2D eigenvalue weighted by atomic mass is 9.58. The van der Waals surface area contributed by atoms with Crippen LogP contribution in [-0.2, 0) is 28.6 Å².